The molecule has 0 bridgehead atoms. The quantitative estimate of drug-likeness (QED) is 0.784. The van der Waals surface area contributed by atoms with E-state index in [2.05, 4.69) is 0 Å². The maximum absolute atomic E-state index is 12.5. The summed E-state index contributed by atoms with van der Waals surface area (Å²) in [5.74, 6) is 0.500. The zero-order valence-corrected chi connectivity index (χ0v) is 11.9. The third-order valence-electron chi connectivity index (χ3n) is 3.04. The third kappa shape index (κ3) is 2.79. The zero-order chi connectivity index (χ0) is 14.0. The van der Waals surface area contributed by atoms with E-state index in [1.54, 1.807) is 25.3 Å². The number of methoxy groups -OCH3 is 1. The molecule has 0 fully saturated rings. The van der Waals surface area contributed by atoms with E-state index >= 15 is 0 Å². The first-order valence-corrected chi connectivity index (χ1v) is 6.36. The van der Waals surface area contributed by atoms with Crippen molar-refractivity contribution in [3.05, 3.63) is 63.7 Å². The van der Waals surface area contributed by atoms with Crippen molar-refractivity contribution in [2.24, 2.45) is 0 Å². The largest absolute Gasteiger partial charge is 0.496 e. The first-order chi connectivity index (χ1) is 9.02. The van der Waals surface area contributed by atoms with Gasteiger partial charge in [-0.3, -0.25) is 4.79 Å². The van der Waals surface area contributed by atoms with E-state index in [1.807, 2.05) is 32.0 Å². The lowest BCUT2D eigenvalue weighted by atomic mass is 10.0. The van der Waals surface area contributed by atoms with Crippen molar-refractivity contribution >= 4 is 17.4 Å². The number of ketones is 1. The highest BCUT2D eigenvalue weighted by molar-refractivity contribution is 6.32. The van der Waals surface area contributed by atoms with Gasteiger partial charge in [0, 0.05) is 10.6 Å². The Morgan fingerprint density at radius 1 is 1.11 bits per heavy atom. The number of hydrogen-bond donors (Lipinski definition) is 0. The van der Waals surface area contributed by atoms with E-state index in [0.717, 1.165) is 11.1 Å². The van der Waals surface area contributed by atoms with Crippen molar-refractivity contribution in [3.8, 4) is 5.75 Å². The fourth-order valence-corrected chi connectivity index (χ4v) is 2.06. The minimum absolute atomic E-state index is 0.0845. The number of halogens is 1. The molecule has 0 spiro atoms. The van der Waals surface area contributed by atoms with Gasteiger partial charge < -0.3 is 4.74 Å². The van der Waals surface area contributed by atoms with Crippen molar-refractivity contribution in [2.45, 2.75) is 13.8 Å². The van der Waals surface area contributed by atoms with Gasteiger partial charge in [0.15, 0.2) is 5.78 Å². The van der Waals surface area contributed by atoms with Gasteiger partial charge in [-0.25, -0.2) is 0 Å². The summed E-state index contributed by atoms with van der Waals surface area (Å²) in [5.41, 5.74) is 3.12. The molecule has 0 amide bonds. The first kappa shape index (κ1) is 13.6. The molecule has 2 nitrogen and oxygen atoms in total. The molecule has 2 rings (SSSR count). The molecular weight excluding hydrogens is 260 g/mol. The fraction of sp³-hybridized carbons (Fsp3) is 0.188. The molecule has 3 heteroatoms. The molecule has 0 unspecified atom stereocenters. The van der Waals surface area contributed by atoms with E-state index < -0.39 is 0 Å². The predicted octanol–water partition coefficient (Wildman–Crippen LogP) is 4.20. The Labute approximate surface area is 118 Å². The number of ether oxygens (including phenoxy) is 1. The summed E-state index contributed by atoms with van der Waals surface area (Å²) in [6.45, 7) is 3.86. The summed E-state index contributed by atoms with van der Waals surface area (Å²) in [6, 6.07) is 10.8. The van der Waals surface area contributed by atoms with Crippen LogP contribution in [0.2, 0.25) is 5.02 Å². The second-order valence-electron chi connectivity index (χ2n) is 4.50. The standard InChI is InChI=1S/C16H15ClO2/c1-10-4-7-13(15(8-10)19-3)16(18)12-6-5-11(2)14(17)9-12/h4-9H,1-3H3. The normalized spacial score (nSPS) is 10.3. The molecule has 0 saturated carbocycles. The van der Waals surface area contributed by atoms with Crippen molar-refractivity contribution in [1.82, 2.24) is 0 Å². The first-order valence-electron chi connectivity index (χ1n) is 5.98. The molecule has 2 aromatic carbocycles. The van der Waals surface area contributed by atoms with Crippen molar-refractivity contribution in [2.75, 3.05) is 7.11 Å². The van der Waals surface area contributed by atoms with Gasteiger partial charge in [0.2, 0.25) is 0 Å². The lowest BCUT2D eigenvalue weighted by Gasteiger charge is -2.09. The summed E-state index contributed by atoms with van der Waals surface area (Å²) < 4.78 is 5.27. The van der Waals surface area contributed by atoms with Gasteiger partial charge in [0.1, 0.15) is 5.75 Å². The van der Waals surface area contributed by atoms with Crippen LogP contribution < -0.4 is 4.74 Å². The van der Waals surface area contributed by atoms with Crippen LogP contribution in [0.25, 0.3) is 0 Å². The van der Waals surface area contributed by atoms with Gasteiger partial charge in [-0.05, 0) is 43.2 Å². The number of aryl methyl sites for hydroxylation is 2. The Morgan fingerprint density at radius 3 is 2.47 bits per heavy atom. The van der Waals surface area contributed by atoms with E-state index in [4.69, 9.17) is 16.3 Å². The van der Waals surface area contributed by atoms with Crippen LogP contribution in [0.15, 0.2) is 36.4 Å². The average Bonchev–Trinajstić information content (AvgIpc) is 2.41. The van der Waals surface area contributed by atoms with Crippen molar-refractivity contribution in [3.63, 3.8) is 0 Å². The highest BCUT2D eigenvalue weighted by atomic mass is 35.5. The lowest BCUT2D eigenvalue weighted by Crippen LogP contribution is -2.04. The second kappa shape index (κ2) is 5.45. The minimum Gasteiger partial charge on any atom is -0.496 e. The molecule has 0 saturated heterocycles. The van der Waals surface area contributed by atoms with Crippen LogP contribution >= 0.6 is 11.6 Å². The van der Waals surface area contributed by atoms with E-state index in [-0.39, 0.29) is 5.78 Å². The Hall–Kier alpha value is -1.80. The fourth-order valence-electron chi connectivity index (χ4n) is 1.88. The molecule has 0 aliphatic heterocycles. The van der Waals surface area contributed by atoms with Crippen LogP contribution in [0.5, 0.6) is 5.75 Å². The number of carbonyl (C=O) groups excluding carboxylic acids is 1. The third-order valence-corrected chi connectivity index (χ3v) is 3.44. The molecule has 0 heterocycles. The lowest BCUT2D eigenvalue weighted by molar-refractivity contribution is 0.103. The van der Waals surface area contributed by atoms with Crippen LogP contribution in [0.3, 0.4) is 0 Å². The smallest absolute Gasteiger partial charge is 0.196 e. The molecule has 0 atom stereocenters. The summed E-state index contributed by atoms with van der Waals surface area (Å²) in [5, 5.41) is 0.594. The number of rotatable bonds is 3. The van der Waals surface area contributed by atoms with E-state index in [9.17, 15) is 4.79 Å². The summed E-state index contributed by atoms with van der Waals surface area (Å²) >= 11 is 6.06. The van der Waals surface area contributed by atoms with Crippen molar-refractivity contribution in [1.29, 1.82) is 0 Å². The SMILES string of the molecule is COc1cc(C)ccc1C(=O)c1ccc(C)c(Cl)c1. The summed E-state index contributed by atoms with van der Waals surface area (Å²) in [7, 11) is 1.56. The number of benzene rings is 2. The van der Waals surface area contributed by atoms with Crippen LogP contribution in [0.4, 0.5) is 0 Å². The molecule has 0 aliphatic rings. The molecule has 19 heavy (non-hydrogen) atoms. The van der Waals surface area contributed by atoms with Crippen LogP contribution in [-0.2, 0) is 0 Å². The number of hydrogen-bond acceptors (Lipinski definition) is 2. The van der Waals surface area contributed by atoms with Gasteiger partial charge in [-0.1, -0.05) is 29.8 Å². The molecule has 2 aromatic rings. The van der Waals surface area contributed by atoms with Gasteiger partial charge in [-0.15, -0.1) is 0 Å². The molecule has 98 valence electrons. The summed E-state index contributed by atoms with van der Waals surface area (Å²) in [4.78, 5) is 12.5. The van der Waals surface area contributed by atoms with Crippen LogP contribution in [0, 0.1) is 13.8 Å². The molecular formula is C16H15ClO2. The maximum Gasteiger partial charge on any atom is 0.196 e. The summed E-state index contributed by atoms with van der Waals surface area (Å²) in [6.07, 6.45) is 0. The maximum atomic E-state index is 12.5. The van der Waals surface area contributed by atoms with Gasteiger partial charge in [0.25, 0.3) is 0 Å². The second-order valence-corrected chi connectivity index (χ2v) is 4.90. The Bertz CT molecular complexity index is 633. The molecule has 0 aliphatic carbocycles. The molecule has 0 N–H and O–H groups in total. The van der Waals surface area contributed by atoms with E-state index in [0.29, 0.717) is 21.9 Å². The Balaban J connectivity index is 2.46. The van der Waals surface area contributed by atoms with Crippen molar-refractivity contribution < 1.29 is 9.53 Å². The van der Waals surface area contributed by atoms with E-state index in [1.165, 1.54) is 0 Å². The van der Waals surface area contributed by atoms with Gasteiger partial charge in [0.05, 0.1) is 12.7 Å². The minimum atomic E-state index is -0.0845. The average molecular weight is 275 g/mol. The Kier molecular flexibility index (Phi) is 3.91. The number of carbonyl (C=O) groups is 1. The van der Waals surface area contributed by atoms with Gasteiger partial charge in [-0.2, -0.15) is 0 Å². The predicted molar refractivity (Wildman–Crippen MR) is 77.4 cm³/mol. The molecule has 0 aromatic heterocycles. The topological polar surface area (TPSA) is 26.3 Å². The zero-order valence-electron chi connectivity index (χ0n) is 11.2. The highest BCUT2D eigenvalue weighted by Crippen LogP contribution is 2.25. The highest BCUT2D eigenvalue weighted by Gasteiger charge is 2.15. The monoisotopic (exact) mass is 274 g/mol. The van der Waals surface area contributed by atoms with Crippen LogP contribution in [-0.4, -0.2) is 12.9 Å². The van der Waals surface area contributed by atoms with Crippen LogP contribution in [0.1, 0.15) is 27.0 Å². The molecule has 0 radical (unpaired) electrons. The van der Waals surface area contributed by atoms with Gasteiger partial charge >= 0.3 is 0 Å². The Morgan fingerprint density at radius 2 is 1.84 bits per heavy atom.